The van der Waals surface area contributed by atoms with Crippen molar-refractivity contribution in [3.05, 3.63) is 65.9 Å². The zero-order valence-corrected chi connectivity index (χ0v) is 18.4. The Morgan fingerprint density at radius 3 is 2.94 bits per heavy atom. The third-order valence-electron chi connectivity index (χ3n) is 5.87. The molecule has 1 aliphatic rings. The van der Waals surface area contributed by atoms with E-state index in [1.54, 1.807) is 23.1 Å². The van der Waals surface area contributed by atoms with E-state index in [4.69, 9.17) is 10.5 Å². The van der Waals surface area contributed by atoms with Crippen LogP contribution in [0.15, 0.2) is 48.9 Å². The summed E-state index contributed by atoms with van der Waals surface area (Å²) in [4.78, 5) is 26.0. The second-order valence-corrected chi connectivity index (χ2v) is 8.20. The number of anilines is 1. The molecule has 1 fully saturated rings. The van der Waals surface area contributed by atoms with E-state index in [0.717, 1.165) is 35.4 Å². The Kier molecular flexibility index (Phi) is 5.60. The van der Waals surface area contributed by atoms with Gasteiger partial charge in [-0.2, -0.15) is 4.98 Å². The summed E-state index contributed by atoms with van der Waals surface area (Å²) in [6, 6.07) is 9.36. The number of nitrogens with two attached hydrogens (primary N) is 1. The van der Waals surface area contributed by atoms with Gasteiger partial charge in [-0.05, 0) is 68.5 Å². The van der Waals surface area contributed by atoms with Crippen LogP contribution in [0.3, 0.4) is 0 Å². The molecule has 4 aromatic rings. The Morgan fingerprint density at radius 2 is 2.09 bits per heavy atom. The highest BCUT2D eigenvalue weighted by atomic mass is 16.5. The van der Waals surface area contributed by atoms with E-state index in [-0.39, 0.29) is 24.5 Å². The molecule has 3 N–H and O–H groups in total. The van der Waals surface area contributed by atoms with Crippen molar-refractivity contribution in [2.24, 2.45) is 0 Å². The zero-order chi connectivity index (χ0) is 22.8. The highest BCUT2D eigenvalue weighted by Crippen LogP contribution is 2.26. The van der Waals surface area contributed by atoms with E-state index < -0.39 is 0 Å². The number of fused-ring (bicyclic) bond motifs is 1. The van der Waals surface area contributed by atoms with Crippen molar-refractivity contribution in [1.82, 2.24) is 29.9 Å². The van der Waals surface area contributed by atoms with Crippen LogP contribution in [0.5, 0.6) is 5.75 Å². The number of nitrogen functional groups attached to an aromatic ring is 1. The first kappa shape index (κ1) is 20.9. The lowest BCUT2D eigenvalue weighted by molar-refractivity contribution is 0.0949. The minimum atomic E-state index is -0.228. The second kappa shape index (κ2) is 8.85. The van der Waals surface area contributed by atoms with Crippen LogP contribution in [0.4, 0.5) is 5.95 Å². The topological polar surface area (TPSA) is 120 Å². The third kappa shape index (κ3) is 4.48. The number of nitrogens with zero attached hydrogens (tertiary/aromatic N) is 5. The van der Waals surface area contributed by atoms with Gasteiger partial charge in [0, 0.05) is 29.8 Å². The summed E-state index contributed by atoms with van der Waals surface area (Å²) >= 11 is 0. The fraction of sp³-hybridized carbons (Fsp3) is 0.292. The van der Waals surface area contributed by atoms with E-state index in [2.05, 4.69) is 25.4 Å². The fourth-order valence-corrected chi connectivity index (χ4v) is 4.13. The van der Waals surface area contributed by atoms with Gasteiger partial charge in [0.05, 0.1) is 18.2 Å². The summed E-state index contributed by atoms with van der Waals surface area (Å²) in [6.45, 7) is 2.18. The molecule has 1 amide bonds. The van der Waals surface area contributed by atoms with Gasteiger partial charge in [-0.1, -0.05) is 0 Å². The Labute approximate surface area is 191 Å². The number of nitrogens with one attached hydrogen (secondary N) is 1. The van der Waals surface area contributed by atoms with Gasteiger partial charge in [0.1, 0.15) is 11.4 Å². The van der Waals surface area contributed by atoms with Crippen LogP contribution in [0.1, 0.15) is 47.4 Å². The maximum Gasteiger partial charge on any atom is 0.253 e. The lowest BCUT2D eigenvalue weighted by atomic mass is 10.0. The zero-order valence-electron chi connectivity index (χ0n) is 18.4. The summed E-state index contributed by atoms with van der Waals surface area (Å²) < 4.78 is 7.73. The van der Waals surface area contributed by atoms with Crippen LogP contribution in [-0.4, -0.2) is 36.6 Å². The molecule has 5 rings (SSSR count). The first-order chi connectivity index (χ1) is 16.1. The van der Waals surface area contributed by atoms with E-state index >= 15 is 0 Å². The molecule has 0 aliphatic heterocycles. The molecule has 4 heterocycles. The van der Waals surface area contributed by atoms with Crippen LogP contribution in [0, 0.1) is 6.92 Å². The predicted molar refractivity (Wildman–Crippen MR) is 124 cm³/mol. The summed E-state index contributed by atoms with van der Waals surface area (Å²) in [5.41, 5.74) is 10.0. The number of carbonyl (C=O) groups is 1. The largest absolute Gasteiger partial charge is 0.488 e. The normalized spacial score (nSPS) is 14.0. The van der Waals surface area contributed by atoms with Gasteiger partial charge in [-0.25, -0.2) is 4.52 Å². The van der Waals surface area contributed by atoms with Crippen molar-refractivity contribution in [3.63, 3.8) is 0 Å². The van der Waals surface area contributed by atoms with Gasteiger partial charge in [-0.15, -0.1) is 5.10 Å². The number of hydrogen-bond donors (Lipinski definition) is 2. The lowest BCUT2D eigenvalue weighted by Gasteiger charge is -2.16. The summed E-state index contributed by atoms with van der Waals surface area (Å²) in [5.74, 6) is 0.711. The molecular formula is C24H25N7O2. The van der Waals surface area contributed by atoms with E-state index in [1.165, 1.54) is 12.8 Å². The standard InChI is InChI=1S/C24H25N7O2/c1-15-19(16-8-10-31-22(12-16)29-24(25)30-31)11-17(13-27-15)23(32)28-14-20-21(7-4-9-26-20)33-18-5-2-3-6-18/h4,7-13,18H,2-3,5-6,14H2,1H3,(H2,25,30)(H,28,32). The molecule has 0 saturated heterocycles. The Hall–Kier alpha value is -4.01. The second-order valence-electron chi connectivity index (χ2n) is 8.20. The number of aryl methyl sites for hydroxylation is 1. The van der Waals surface area contributed by atoms with Gasteiger partial charge in [0.15, 0.2) is 5.65 Å². The van der Waals surface area contributed by atoms with Crippen LogP contribution in [0.2, 0.25) is 0 Å². The molecule has 0 atom stereocenters. The molecule has 0 radical (unpaired) electrons. The Morgan fingerprint density at radius 1 is 1.24 bits per heavy atom. The average molecular weight is 444 g/mol. The van der Waals surface area contributed by atoms with Crippen LogP contribution < -0.4 is 15.8 Å². The maximum absolute atomic E-state index is 12.9. The quantitative estimate of drug-likeness (QED) is 0.469. The van der Waals surface area contributed by atoms with Crippen molar-refractivity contribution < 1.29 is 9.53 Å². The molecule has 0 unspecified atom stereocenters. The predicted octanol–water partition coefficient (Wildman–Crippen LogP) is 3.33. The molecule has 1 saturated carbocycles. The van der Waals surface area contributed by atoms with Gasteiger partial charge in [0.2, 0.25) is 5.95 Å². The Balaban J connectivity index is 1.33. The minimum Gasteiger partial charge on any atom is -0.488 e. The van der Waals surface area contributed by atoms with Crippen LogP contribution in [0.25, 0.3) is 16.8 Å². The SMILES string of the molecule is Cc1ncc(C(=O)NCc2ncccc2OC2CCCC2)cc1-c1ccn2nc(N)nc2c1. The summed E-state index contributed by atoms with van der Waals surface area (Å²) in [7, 11) is 0. The van der Waals surface area contributed by atoms with Crippen molar-refractivity contribution in [1.29, 1.82) is 0 Å². The number of pyridine rings is 3. The first-order valence-corrected chi connectivity index (χ1v) is 11.0. The van der Waals surface area contributed by atoms with Crippen molar-refractivity contribution in [2.75, 3.05) is 5.73 Å². The van der Waals surface area contributed by atoms with Gasteiger partial charge >= 0.3 is 0 Å². The minimum absolute atomic E-state index is 0.209. The first-order valence-electron chi connectivity index (χ1n) is 11.0. The number of ether oxygens (including phenoxy) is 1. The highest BCUT2D eigenvalue weighted by molar-refractivity contribution is 5.95. The smallest absolute Gasteiger partial charge is 0.253 e. The molecule has 0 spiro atoms. The van der Waals surface area contributed by atoms with Gasteiger partial charge in [-0.3, -0.25) is 14.8 Å². The van der Waals surface area contributed by atoms with Gasteiger partial charge in [0.25, 0.3) is 5.91 Å². The third-order valence-corrected chi connectivity index (χ3v) is 5.87. The van der Waals surface area contributed by atoms with Crippen molar-refractivity contribution in [2.45, 2.75) is 45.3 Å². The molecule has 9 heteroatoms. The van der Waals surface area contributed by atoms with E-state index in [0.29, 0.717) is 16.9 Å². The molecule has 0 bridgehead atoms. The highest BCUT2D eigenvalue weighted by Gasteiger charge is 2.19. The van der Waals surface area contributed by atoms with Crippen LogP contribution >= 0.6 is 0 Å². The number of carbonyl (C=O) groups excluding carboxylic acids is 1. The number of amides is 1. The van der Waals surface area contributed by atoms with Crippen molar-refractivity contribution in [3.8, 4) is 16.9 Å². The summed E-state index contributed by atoms with van der Waals surface area (Å²) in [6.07, 6.45) is 9.81. The Bertz CT molecular complexity index is 1310. The molecule has 168 valence electrons. The van der Waals surface area contributed by atoms with Gasteiger partial charge < -0.3 is 15.8 Å². The molecule has 4 aromatic heterocycles. The number of hydrogen-bond acceptors (Lipinski definition) is 7. The number of aromatic nitrogens is 5. The van der Waals surface area contributed by atoms with Crippen molar-refractivity contribution >= 4 is 17.5 Å². The van der Waals surface area contributed by atoms with E-state index in [9.17, 15) is 4.79 Å². The van der Waals surface area contributed by atoms with E-state index in [1.807, 2.05) is 37.3 Å². The summed E-state index contributed by atoms with van der Waals surface area (Å²) in [5, 5.41) is 7.04. The molecule has 0 aromatic carbocycles. The molecule has 33 heavy (non-hydrogen) atoms. The van der Waals surface area contributed by atoms with Crippen LogP contribution in [-0.2, 0) is 6.54 Å². The monoisotopic (exact) mass is 443 g/mol. The molecule has 9 nitrogen and oxygen atoms in total. The fourth-order valence-electron chi connectivity index (χ4n) is 4.13. The molecular weight excluding hydrogens is 418 g/mol. The molecule has 1 aliphatic carbocycles. The lowest BCUT2D eigenvalue weighted by Crippen LogP contribution is -2.24. The average Bonchev–Trinajstić information content (AvgIpc) is 3.46. The maximum atomic E-state index is 12.9. The number of rotatable bonds is 6.